The number of carbonyl (C=O) groups excluding carboxylic acids is 1. The van der Waals surface area contributed by atoms with Crippen LogP contribution in [0.25, 0.3) is 0 Å². The standard InChI is InChI=1S/C13H9Br2NO3/c14-10-6-8(7-11(15)12(10)17)16-13(18)19-9-4-2-1-3-5-9/h1-7,17H,(H,16,18). The molecule has 1 amide bonds. The Morgan fingerprint density at radius 1 is 1.11 bits per heavy atom. The van der Waals surface area contributed by atoms with Crippen molar-refractivity contribution in [2.75, 3.05) is 5.32 Å². The van der Waals surface area contributed by atoms with Gasteiger partial charge in [-0.1, -0.05) is 18.2 Å². The maximum Gasteiger partial charge on any atom is 0.417 e. The van der Waals surface area contributed by atoms with E-state index in [0.29, 0.717) is 20.4 Å². The zero-order valence-electron chi connectivity index (χ0n) is 9.56. The molecule has 0 unspecified atom stereocenters. The second-order valence-corrected chi connectivity index (χ2v) is 5.32. The van der Waals surface area contributed by atoms with E-state index in [2.05, 4.69) is 37.2 Å². The first kappa shape index (κ1) is 13.9. The van der Waals surface area contributed by atoms with Gasteiger partial charge in [-0.05, 0) is 56.1 Å². The third-order valence-electron chi connectivity index (χ3n) is 2.22. The van der Waals surface area contributed by atoms with Crippen molar-refractivity contribution in [2.24, 2.45) is 0 Å². The summed E-state index contributed by atoms with van der Waals surface area (Å²) in [5.41, 5.74) is 0.498. The molecule has 0 saturated carbocycles. The van der Waals surface area contributed by atoms with Crippen molar-refractivity contribution in [3.63, 3.8) is 0 Å². The van der Waals surface area contributed by atoms with Crippen molar-refractivity contribution in [3.05, 3.63) is 51.4 Å². The number of hydrogen-bond donors (Lipinski definition) is 2. The van der Waals surface area contributed by atoms with Crippen LogP contribution < -0.4 is 10.1 Å². The van der Waals surface area contributed by atoms with Crippen LogP contribution in [0.3, 0.4) is 0 Å². The van der Waals surface area contributed by atoms with E-state index in [0.717, 1.165) is 0 Å². The molecule has 0 aliphatic carbocycles. The Morgan fingerprint density at radius 2 is 1.68 bits per heavy atom. The van der Waals surface area contributed by atoms with E-state index in [1.807, 2.05) is 6.07 Å². The number of carbonyl (C=O) groups is 1. The summed E-state index contributed by atoms with van der Waals surface area (Å²) in [4.78, 5) is 11.7. The minimum Gasteiger partial charge on any atom is -0.506 e. The first-order valence-corrected chi connectivity index (χ1v) is 6.87. The summed E-state index contributed by atoms with van der Waals surface area (Å²) in [6.07, 6.45) is -0.601. The van der Waals surface area contributed by atoms with Gasteiger partial charge in [0.1, 0.15) is 11.5 Å². The zero-order chi connectivity index (χ0) is 13.8. The van der Waals surface area contributed by atoms with Crippen LogP contribution >= 0.6 is 31.9 Å². The maximum atomic E-state index is 11.7. The number of nitrogens with one attached hydrogen (secondary N) is 1. The molecule has 2 N–H and O–H groups in total. The number of amides is 1. The van der Waals surface area contributed by atoms with Gasteiger partial charge in [-0.25, -0.2) is 4.79 Å². The van der Waals surface area contributed by atoms with Crippen LogP contribution in [-0.2, 0) is 0 Å². The number of para-hydroxylation sites is 1. The Balaban J connectivity index is 2.07. The average Bonchev–Trinajstić information content (AvgIpc) is 2.37. The summed E-state index contributed by atoms with van der Waals surface area (Å²) >= 11 is 6.36. The highest BCUT2D eigenvalue weighted by Crippen LogP contribution is 2.35. The third kappa shape index (κ3) is 3.71. The second-order valence-electron chi connectivity index (χ2n) is 3.62. The largest absolute Gasteiger partial charge is 0.506 e. The molecule has 0 heterocycles. The van der Waals surface area contributed by atoms with E-state index in [1.165, 1.54) is 0 Å². The van der Waals surface area contributed by atoms with Crippen LogP contribution in [0.4, 0.5) is 10.5 Å². The van der Waals surface area contributed by atoms with Crippen LogP contribution in [-0.4, -0.2) is 11.2 Å². The summed E-state index contributed by atoms with van der Waals surface area (Å²) < 4.78 is 6.02. The minimum absolute atomic E-state index is 0.0713. The monoisotopic (exact) mass is 385 g/mol. The van der Waals surface area contributed by atoms with Gasteiger partial charge in [0, 0.05) is 5.69 Å². The molecule has 0 aliphatic heterocycles. The van der Waals surface area contributed by atoms with Crippen LogP contribution in [0.15, 0.2) is 51.4 Å². The lowest BCUT2D eigenvalue weighted by Crippen LogP contribution is -2.16. The van der Waals surface area contributed by atoms with Gasteiger partial charge in [-0.3, -0.25) is 5.32 Å². The van der Waals surface area contributed by atoms with Crippen LogP contribution in [0.5, 0.6) is 11.5 Å². The molecule has 98 valence electrons. The van der Waals surface area contributed by atoms with Gasteiger partial charge in [0.2, 0.25) is 0 Å². The Kier molecular flexibility index (Phi) is 4.44. The van der Waals surface area contributed by atoms with Crippen LogP contribution in [0, 0.1) is 0 Å². The molecule has 6 heteroatoms. The molecule has 2 rings (SSSR count). The van der Waals surface area contributed by atoms with Crippen molar-refractivity contribution < 1.29 is 14.6 Å². The molecule has 0 saturated heterocycles. The lowest BCUT2D eigenvalue weighted by Gasteiger charge is -2.08. The molecule has 0 aliphatic rings. The number of aromatic hydroxyl groups is 1. The Hall–Kier alpha value is -1.53. The summed E-state index contributed by atoms with van der Waals surface area (Å²) in [6.45, 7) is 0. The first-order valence-electron chi connectivity index (χ1n) is 5.28. The number of anilines is 1. The van der Waals surface area contributed by atoms with Gasteiger partial charge < -0.3 is 9.84 Å². The molecular weight excluding hydrogens is 378 g/mol. The van der Waals surface area contributed by atoms with E-state index in [9.17, 15) is 9.90 Å². The summed E-state index contributed by atoms with van der Waals surface area (Å²) in [6, 6.07) is 11.9. The highest BCUT2D eigenvalue weighted by atomic mass is 79.9. The fourth-order valence-electron chi connectivity index (χ4n) is 1.38. The van der Waals surface area contributed by atoms with Crippen molar-refractivity contribution in [1.29, 1.82) is 0 Å². The molecule has 0 bridgehead atoms. The Bertz CT molecular complexity index is 579. The van der Waals surface area contributed by atoms with Crippen molar-refractivity contribution in [3.8, 4) is 11.5 Å². The molecule has 0 aromatic heterocycles. The first-order chi connectivity index (χ1) is 9.06. The van der Waals surface area contributed by atoms with E-state index in [4.69, 9.17) is 4.74 Å². The summed E-state index contributed by atoms with van der Waals surface area (Å²) in [5.74, 6) is 0.527. The molecular formula is C13H9Br2NO3. The number of halogens is 2. The van der Waals surface area contributed by atoms with Crippen molar-refractivity contribution >= 4 is 43.6 Å². The lowest BCUT2D eigenvalue weighted by atomic mass is 10.3. The van der Waals surface area contributed by atoms with E-state index < -0.39 is 6.09 Å². The smallest absolute Gasteiger partial charge is 0.417 e. The molecule has 0 radical (unpaired) electrons. The summed E-state index contributed by atoms with van der Waals surface area (Å²) in [5, 5.41) is 12.1. The lowest BCUT2D eigenvalue weighted by molar-refractivity contribution is 0.215. The quantitative estimate of drug-likeness (QED) is 0.745. The highest BCUT2D eigenvalue weighted by Gasteiger charge is 2.09. The predicted octanol–water partition coefficient (Wildman–Crippen LogP) is 4.53. The maximum absolute atomic E-state index is 11.7. The average molecular weight is 387 g/mol. The molecule has 0 spiro atoms. The van der Waals surface area contributed by atoms with Crippen molar-refractivity contribution in [1.82, 2.24) is 0 Å². The molecule has 0 atom stereocenters. The Labute approximate surface area is 126 Å². The summed E-state index contributed by atoms with van der Waals surface area (Å²) in [7, 11) is 0. The fourth-order valence-corrected chi connectivity index (χ4v) is 2.56. The van der Waals surface area contributed by atoms with E-state index >= 15 is 0 Å². The van der Waals surface area contributed by atoms with Gasteiger partial charge in [0.25, 0.3) is 0 Å². The topological polar surface area (TPSA) is 58.6 Å². The van der Waals surface area contributed by atoms with E-state index in [1.54, 1.807) is 36.4 Å². The number of phenols is 1. The number of ether oxygens (including phenoxy) is 1. The number of hydrogen-bond acceptors (Lipinski definition) is 3. The molecule has 0 fully saturated rings. The third-order valence-corrected chi connectivity index (χ3v) is 3.43. The van der Waals surface area contributed by atoms with E-state index in [-0.39, 0.29) is 5.75 Å². The molecule has 19 heavy (non-hydrogen) atoms. The van der Waals surface area contributed by atoms with Gasteiger partial charge in [0.15, 0.2) is 0 Å². The Morgan fingerprint density at radius 3 is 2.26 bits per heavy atom. The van der Waals surface area contributed by atoms with Gasteiger partial charge in [0.05, 0.1) is 8.95 Å². The predicted molar refractivity (Wildman–Crippen MR) is 79.6 cm³/mol. The van der Waals surface area contributed by atoms with Crippen molar-refractivity contribution in [2.45, 2.75) is 0 Å². The zero-order valence-corrected chi connectivity index (χ0v) is 12.7. The molecule has 4 nitrogen and oxygen atoms in total. The van der Waals surface area contributed by atoms with Crippen LogP contribution in [0.1, 0.15) is 0 Å². The minimum atomic E-state index is -0.601. The number of rotatable bonds is 2. The highest BCUT2D eigenvalue weighted by molar-refractivity contribution is 9.11. The second kappa shape index (κ2) is 6.08. The van der Waals surface area contributed by atoms with Gasteiger partial charge in [-0.2, -0.15) is 0 Å². The SMILES string of the molecule is O=C(Nc1cc(Br)c(O)c(Br)c1)Oc1ccccc1. The fraction of sp³-hybridized carbons (Fsp3) is 0. The molecule has 2 aromatic rings. The number of benzene rings is 2. The van der Waals surface area contributed by atoms with Crippen LogP contribution in [0.2, 0.25) is 0 Å². The molecule has 2 aromatic carbocycles. The van der Waals surface area contributed by atoms with Gasteiger partial charge >= 0.3 is 6.09 Å². The number of phenolic OH excluding ortho intramolecular Hbond substituents is 1. The van der Waals surface area contributed by atoms with Gasteiger partial charge in [-0.15, -0.1) is 0 Å². The normalized spacial score (nSPS) is 10.0.